The summed E-state index contributed by atoms with van der Waals surface area (Å²) in [6.45, 7) is 4.49. The number of methoxy groups -OCH3 is 1. The average molecular weight is 502 g/mol. The third-order valence-corrected chi connectivity index (χ3v) is 7.15. The number of nitrogen functional groups attached to an aromatic ring is 1. The second-order valence-electron chi connectivity index (χ2n) is 9.70. The minimum atomic E-state index is 0.427. The van der Waals surface area contributed by atoms with Crippen LogP contribution in [0.3, 0.4) is 0 Å². The number of anilines is 2. The van der Waals surface area contributed by atoms with Crippen LogP contribution >= 0.6 is 0 Å². The minimum Gasteiger partial charge on any atom is -0.495 e. The molecule has 3 N–H and O–H groups in total. The fourth-order valence-electron chi connectivity index (χ4n) is 4.97. The zero-order valence-corrected chi connectivity index (χ0v) is 21.8. The fraction of sp³-hybridized carbons (Fsp3) is 0.407. The van der Waals surface area contributed by atoms with E-state index in [1.165, 1.54) is 19.2 Å². The lowest BCUT2D eigenvalue weighted by Gasteiger charge is -2.35. The number of likely N-dealkylation sites (tertiary alicyclic amines) is 1. The first kappa shape index (κ1) is 24.9. The Morgan fingerprint density at radius 3 is 2.70 bits per heavy atom. The molecule has 1 aliphatic rings. The molecule has 0 atom stereocenters. The molecule has 10 nitrogen and oxygen atoms in total. The van der Waals surface area contributed by atoms with Crippen molar-refractivity contribution in [2.24, 2.45) is 0 Å². The van der Waals surface area contributed by atoms with Gasteiger partial charge in [-0.3, -0.25) is 4.98 Å². The van der Waals surface area contributed by atoms with E-state index in [4.69, 9.17) is 15.6 Å². The van der Waals surface area contributed by atoms with Crippen molar-refractivity contribution < 1.29 is 4.74 Å². The summed E-state index contributed by atoms with van der Waals surface area (Å²) in [6, 6.07) is 10.6. The summed E-state index contributed by atoms with van der Waals surface area (Å²) >= 11 is 0. The lowest BCUT2D eigenvalue weighted by Crippen LogP contribution is -2.42. The second-order valence-corrected chi connectivity index (χ2v) is 9.70. The molecule has 0 unspecified atom stereocenters. The second kappa shape index (κ2) is 11.1. The van der Waals surface area contributed by atoms with Crippen molar-refractivity contribution in [3.63, 3.8) is 0 Å². The van der Waals surface area contributed by atoms with Crippen molar-refractivity contribution in [2.75, 3.05) is 51.9 Å². The predicted molar refractivity (Wildman–Crippen MR) is 146 cm³/mol. The third-order valence-electron chi connectivity index (χ3n) is 7.15. The monoisotopic (exact) mass is 501 g/mol. The summed E-state index contributed by atoms with van der Waals surface area (Å²) in [5.74, 6) is 1.15. The van der Waals surface area contributed by atoms with E-state index in [1.807, 2.05) is 41.2 Å². The van der Waals surface area contributed by atoms with Gasteiger partial charge < -0.3 is 25.6 Å². The molecule has 0 spiro atoms. The first-order chi connectivity index (χ1) is 18.0. The molecular weight excluding hydrogens is 466 g/mol. The molecule has 1 aliphatic heterocycles. The van der Waals surface area contributed by atoms with Crippen LogP contribution < -0.4 is 15.8 Å². The first-order valence-electron chi connectivity index (χ1n) is 12.7. The summed E-state index contributed by atoms with van der Waals surface area (Å²) in [7, 11) is 6.00. The molecule has 1 fully saturated rings. The number of nitrogens with one attached hydrogen (secondary N) is 1. The van der Waals surface area contributed by atoms with E-state index in [-0.39, 0.29) is 0 Å². The topological polar surface area (TPSA) is 110 Å². The Hall–Kier alpha value is -3.76. The SMILES string of the molecule is COc1cc(-c2nn(CCN3CCC(N(C)C)CC3)c3ncnc(N)c23)ccc1NCc1cccnc1. The van der Waals surface area contributed by atoms with Crippen molar-refractivity contribution in [1.29, 1.82) is 0 Å². The Morgan fingerprint density at radius 2 is 1.97 bits per heavy atom. The number of ether oxygens (including phenoxy) is 1. The molecule has 0 saturated carbocycles. The smallest absolute Gasteiger partial charge is 0.164 e. The van der Waals surface area contributed by atoms with E-state index in [0.717, 1.165) is 65.5 Å². The van der Waals surface area contributed by atoms with Crippen molar-refractivity contribution in [1.82, 2.24) is 34.5 Å². The van der Waals surface area contributed by atoms with Gasteiger partial charge in [-0.05, 0) is 63.8 Å². The Morgan fingerprint density at radius 1 is 1.14 bits per heavy atom. The maximum absolute atomic E-state index is 6.33. The van der Waals surface area contributed by atoms with Crippen molar-refractivity contribution in [3.05, 3.63) is 54.6 Å². The van der Waals surface area contributed by atoms with Crippen molar-refractivity contribution in [2.45, 2.75) is 32.0 Å². The summed E-state index contributed by atoms with van der Waals surface area (Å²) in [6.07, 6.45) is 7.50. The largest absolute Gasteiger partial charge is 0.495 e. The van der Waals surface area contributed by atoms with Gasteiger partial charge in [0, 0.05) is 37.1 Å². The molecule has 3 aromatic heterocycles. The molecule has 0 bridgehead atoms. The Balaban J connectivity index is 1.37. The van der Waals surface area contributed by atoms with E-state index in [9.17, 15) is 0 Å². The lowest BCUT2D eigenvalue weighted by atomic mass is 10.0. The summed E-state index contributed by atoms with van der Waals surface area (Å²) in [5.41, 5.74) is 10.7. The van der Waals surface area contributed by atoms with E-state index in [0.29, 0.717) is 18.4 Å². The molecule has 1 saturated heterocycles. The van der Waals surface area contributed by atoms with Gasteiger partial charge in [-0.2, -0.15) is 5.10 Å². The molecular formula is C27H35N9O. The Labute approximate surface area is 217 Å². The molecule has 0 radical (unpaired) electrons. The number of hydrogen-bond acceptors (Lipinski definition) is 9. The zero-order valence-electron chi connectivity index (χ0n) is 21.8. The Kier molecular flexibility index (Phi) is 7.47. The van der Waals surface area contributed by atoms with E-state index in [1.54, 1.807) is 13.3 Å². The summed E-state index contributed by atoms with van der Waals surface area (Å²) in [4.78, 5) is 17.8. The van der Waals surface area contributed by atoms with Gasteiger partial charge in [-0.25, -0.2) is 14.6 Å². The minimum absolute atomic E-state index is 0.427. The van der Waals surface area contributed by atoms with Gasteiger partial charge in [-0.1, -0.05) is 12.1 Å². The molecule has 4 aromatic rings. The number of aromatic nitrogens is 5. The van der Waals surface area contributed by atoms with Crippen molar-refractivity contribution in [3.8, 4) is 17.0 Å². The molecule has 4 heterocycles. The molecule has 194 valence electrons. The normalized spacial score (nSPS) is 14.9. The first-order valence-corrected chi connectivity index (χ1v) is 12.7. The quantitative estimate of drug-likeness (QED) is 0.357. The molecule has 10 heteroatoms. The van der Waals surface area contributed by atoms with Crippen molar-refractivity contribution >= 4 is 22.5 Å². The zero-order chi connectivity index (χ0) is 25.8. The highest BCUT2D eigenvalue weighted by Gasteiger charge is 2.22. The number of nitrogens with zero attached hydrogens (tertiary/aromatic N) is 7. The highest BCUT2D eigenvalue weighted by Crippen LogP contribution is 2.35. The fourth-order valence-corrected chi connectivity index (χ4v) is 4.97. The van der Waals surface area contributed by atoms with Gasteiger partial charge in [-0.15, -0.1) is 0 Å². The van der Waals surface area contributed by atoms with Gasteiger partial charge in [0.25, 0.3) is 0 Å². The number of benzene rings is 1. The molecule has 1 aromatic carbocycles. The average Bonchev–Trinajstić information content (AvgIpc) is 3.31. The highest BCUT2D eigenvalue weighted by atomic mass is 16.5. The summed E-state index contributed by atoms with van der Waals surface area (Å²) in [5, 5.41) is 9.16. The predicted octanol–water partition coefficient (Wildman–Crippen LogP) is 3.12. The van der Waals surface area contributed by atoms with Gasteiger partial charge in [0.15, 0.2) is 5.65 Å². The van der Waals surface area contributed by atoms with Gasteiger partial charge in [0.05, 0.1) is 24.7 Å². The van der Waals surface area contributed by atoms with E-state index in [2.05, 4.69) is 44.2 Å². The number of hydrogen-bond donors (Lipinski definition) is 2. The molecule has 37 heavy (non-hydrogen) atoms. The van der Waals surface area contributed by atoms with Crippen LogP contribution in [0.1, 0.15) is 18.4 Å². The van der Waals surface area contributed by atoms with Crippen LogP contribution in [0.2, 0.25) is 0 Å². The Bertz CT molecular complexity index is 1330. The van der Waals surface area contributed by atoms with Gasteiger partial charge >= 0.3 is 0 Å². The van der Waals surface area contributed by atoms with Crippen LogP contribution in [0.25, 0.3) is 22.3 Å². The standard InChI is InChI=1S/C27H35N9O/c1-34(2)21-8-11-35(12-9-21)13-14-36-27-24(26(28)31-18-32-27)25(33-36)20-6-7-22(23(15-20)37-3)30-17-19-5-4-10-29-16-19/h4-7,10,15-16,18,21,30H,8-9,11-14,17H2,1-3H3,(H2,28,31,32). The van der Waals surface area contributed by atoms with Crippen LogP contribution in [0.5, 0.6) is 5.75 Å². The maximum Gasteiger partial charge on any atom is 0.164 e. The van der Waals surface area contributed by atoms with Gasteiger partial charge in [0.2, 0.25) is 0 Å². The third kappa shape index (κ3) is 5.50. The van der Waals surface area contributed by atoms with Crippen LogP contribution in [-0.2, 0) is 13.1 Å². The van der Waals surface area contributed by atoms with Crippen LogP contribution in [0.4, 0.5) is 11.5 Å². The highest BCUT2D eigenvalue weighted by molar-refractivity contribution is 5.98. The number of nitrogens with two attached hydrogens (primary N) is 1. The summed E-state index contributed by atoms with van der Waals surface area (Å²) < 4.78 is 7.67. The maximum atomic E-state index is 6.33. The molecule has 0 amide bonds. The molecule has 0 aliphatic carbocycles. The van der Waals surface area contributed by atoms with Gasteiger partial charge in [0.1, 0.15) is 23.6 Å². The van der Waals surface area contributed by atoms with Crippen LogP contribution in [0.15, 0.2) is 49.1 Å². The van der Waals surface area contributed by atoms with Crippen LogP contribution in [0, 0.1) is 0 Å². The number of piperidine rings is 1. The lowest BCUT2D eigenvalue weighted by molar-refractivity contribution is 0.141. The van der Waals surface area contributed by atoms with E-state index < -0.39 is 0 Å². The number of fused-ring (bicyclic) bond motifs is 1. The number of rotatable bonds is 9. The van der Waals surface area contributed by atoms with E-state index >= 15 is 0 Å². The number of pyridine rings is 1. The molecule has 5 rings (SSSR count). The van der Waals surface area contributed by atoms with Crippen LogP contribution in [-0.4, -0.2) is 81.4 Å².